The van der Waals surface area contributed by atoms with Gasteiger partial charge in [-0.3, -0.25) is 14.4 Å². The minimum absolute atomic E-state index is 0.00106. The molecule has 1 aliphatic heterocycles. The number of nitrogens with zero attached hydrogens (tertiary/aromatic N) is 3. The quantitative estimate of drug-likeness (QED) is 0.672. The predicted octanol–water partition coefficient (Wildman–Crippen LogP) is 1.80. The lowest BCUT2D eigenvalue weighted by atomic mass is 9.88. The van der Waals surface area contributed by atoms with Crippen LogP contribution in [0.2, 0.25) is 0 Å². The van der Waals surface area contributed by atoms with Gasteiger partial charge in [0.05, 0.1) is 30.2 Å². The van der Waals surface area contributed by atoms with Gasteiger partial charge in [0.1, 0.15) is 11.6 Å². The number of hydrogen-bond acceptors (Lipinski definition) is 5. The Kier molecular flexibility index (Phi) is 5.27. The summed E-state index contributed by atoms with van der Waals surface area (Å²) in [5.41, 5.74) is 1.11. The fourth-order valence-corrected chi connectivity index (χ4v) is 4.21. The molecule has 0 bridgehead atoms. The summed E-state index contributed by atoms with van der Waals surface area (Å²) in [5.74, 6) is -0.200. The maximum absolute atomic E-state index is 12.7. The van der Waals surface area contributed by atoms with Crippen LogP contribution in [0.1, 0.15) is 41.5 Å². The largest absolute Gasteiger partial charge is 0.494 e. The van der Waals surface area contributed by atoms with Gasteiger partial charge in [-0.05, 0) is 37.3 Å². The maximum Gasteiger partial charge on any atom is 0.315 e. The molecule has 8 nitrogen and oxygen atoms in total. The number of carbonyl (C=O) groups is 1. The standard InChI is InChI=1S/C22H23N5O3/c1-13-16(10-23)20(28)27(12-14-5-3-2-4-6-14)21(29)17(13)11-24-15-7-8-18-19(9-15)26-22(30)25-18/h2-6,11,15,18-19,29H,7-9,12H2,1H3,(H2,25,26,30). The highest BCUT2D eigenvalue weighted by atomic mass is 16.3. The first-order valence-electron chi connectivity index (χ1n) is 9.98. The van der Waals surface area contributed by atoms with Crippen molar-refractivity contribution < 1.29 is 9.90 Å². The van der Waals surface area contributed by atoms with Gasteiger partial charge in [0.15, 0.2) is 0 Å². The molecule has 0 spiro atoms. The fraction of sp³-hybridized carbons (Fsp3) is 0.364. The van der Waals surface area contributed by atoms with E-state index in [1.807, 2.05) is 36.4 Å². The third kappa shape index (κ3) is 3.66. The summed E-state index contributed by atoms with van der Waals surface area (Å²) in [6, 6.07) is 11.3. The van der Waals surface area contributed by atoms with Crippen molar-refractivity contribution in [3.05, 3.63) is 62.9 Å². The molecule has 3 N–H and O–H groups in total. The molecule has 1 aromatic carbocycles. The maximum atomic E-state index is 12.7. The van der Waals surface area contributed by atoms with Crippen LogP contribution in [0.15, 0.2) is 40.1 Å². The molecule has 3 atom stereocenters. The molecule has 30 heavy (non-hydrogen) atoms. The zero-order valence-electron chi connectivity index (χ0n) is 16.6. The van der Waals surface area contributed by atoms with Gasteiger partial charge in [-0.15, -0.1) is 0 Å². The second kappa shape index (κ2) is 8.03. The van der Waals surface area contributed by atoms with Crippen LogP contribution in [0.4, 0.5) is 4.79 Å². The van der Waals surface area contributed by atoms with Crippen molar-refractivity contribution in [2.75, 3.05) is 0 Å². The number of fused-ring (bicyclic) bond motifs is 1. The Balaban J connectivity index is 1.65. The van der Waals surface area contributed by atoms with Crippen LogP contribution in [0, 0.1) is 18.3 Å². The number of aliphatic imine (C=N–C) groups is 1. The molecule has 154 valence electrons. The van der Waals surface area contributed by atoms with E-state index in [0.29, 0.717) is 17.5 Å². The molecule has 2 aliphatic rings. The second-order valence-corrected chi connectivity index (χ2v) is 7.80. The average Bonchev–Trinajstić information content (AvgIpc) is 3.11. The minimum Gasteiger partial charge on any atom is -0.494 e. The third-order valence-electron chi connectivity index (χ3n) is 5.90. The molecule has 2 fully saturated rings. The highest BCUT2D eigenvalue weighted by Gasteiger charge is 2.36. The van der Waals surface area contributed by atoms with Crippen LogP contribution < -0.4 is 16.2 Å². The summed E-state index contributed by atoms with van der Waals surface area (Å²) in [6.07, 6.45) is 3.90. The molecule has 1 saturated carbocycles. The van der Waals surface area contributed by atoms with E-state index in [4.69, 9.17) is 0 Å². The van der Waals surface area contributed by atoms with Gasteiger partial charge in [-0.25, -0.2) is 4.79 Å². The molecule has 2 heterocycles. The number of carbonyl (C=O) groups excluding carboxylic acids is 1. The van der Waals surface area contributed by atoms with Crippen LogP contribution >= 0.6 is 0 Å². The summed E-state index contributed by atoms with van der Waals surface area (Å²) < 4.78 is 1.21. The smallest absolute Gasteiger partial charge is 0.315 e. The van der Waals surface area contributed by atoms with E-state index in [1.54, 1.807) is 13.1 Å². The van der Waals surface area contributed by atoms with Crippen LogP contribution in [-0.4, -0.2) is 40.0 Å². The predicted molar refractivity (Wildman–Crippen MR) is 112 cm³/mol. The highest BCUT2D eigenvalue weighted by molar-refractivity contribution is 5.85. The molecule has 2 aromatic rings. The van der Waals surface area contributed by atoms with Crippen LogP contribution in [0.3, 0.4) is 0 Å². The molecule has 1 saturated heterocycles. The number of urea groups is 1. The van der Waals surface area contributed by atoms with E-state index in [9.17, 15) is 20.0 Å². The van der Waals surface area contributed by atoms with Crippen LogP contribution in [0.5, 0.6) is 5.88 Å². The Morgan fingerprint density at radius 1 is 1.23 bits per heavy atom. The number of amides is 2. The Morgan fingerprint density at radius 3 is 2.70 bits per heavy atom. The van der Waals surface area contributed by atoms with Gasteiger partial charge in [-0.2, -0.15) is 5.26 Å². The second-order valence-electron chi connectivity index (χ2n) is 7.80. The summed E-state index contributed by atoms with van der Waals surface area (Å²) in [6.45, 7) is 1.80. The number of aromatic nitrogens is 1. The summed E-state index contributed by atoms with van der Waals surface area (Å²) >= 11 is 0. The fourth-order valence-electron chi connectivity index (χ4n) is 4.21. The molecule has 0 radical (unpaired) electrons. The third-order valence-corrected chi connectivity index (χ3v) is 5.90. The van der Waals surface area contributed by atoms with Crippen molar-refractivity contribution in [1.82, 2.24) is 15.2 Å². The lowest BCUT2D eigenvalue weighted by Gasteiger charge is -2.28. The monoisotopic (exact) mass is 405 g/mol. The number of rotatable bonds is 4. The molecule has 1 aromatic heterocycles. The highest BCUT2D eigenvalue weighted by Crippen LogP contribution is 2.26. The van der Waals surface area contributed by atoms with E-state index in [2.05, 4.69) is 15.6 Å². The number of hydrogen-bond donors (Lipinski definition) is 3. The first-order valence-corrected chi connectivity index (χ1v) is 9.98. The minimum atomic E-state index is -0.520. The topological polar surface area (TPSA) is 120 Å². The summed E-state index contributed by atoms with van der Waals surface area (Å²) in [4.78, 5) is 28.9. The van der Waals surface area contributed by atoms with Gasteiger partial charge >= 0.3 is 6.03 Å². The van der Waals surface area contributed by atoms with E-state index in [0.717, 1.165) is 18.4 Å². The number of nitriles is 1. The molecular formula is C22H23N5O3. The van der Waals surface area contributed by atoms with E-state index < -0.39 is 5.56 Å². The van der Waals surface area contributed by atoms with E-state index in [1.165, 1.54) is 4.57 Å². The Hall–Kier alpha value is -3.60. The molecule has 1 aliphatic carbocycles. The molecule has 8 heteroatoms. The zero-order valence-corrected chi connectivity index (χ0v) is 16.6. The van der Waals surface area contributed by atoms with Crippen molar-refractivity contribution in [2.24, 2.45) is 4.99 Å². The average molecular weight is 405 g/mol. The number of benzene rings is 1. The molecule has 2 amide bonds. The van der Waals surface area contributed by atoms with Crippen molar-refractivity contribution in [3.8, 4) is 11.9 Å². The van der Waals surface area contributed by atoms with Gasteiger partial charge in [0.2, 0.25) is 5.88 Å². The SMILES string of the molecule is Cc1c(C=NC2CCC3NC(=O)NC3C2)c(O)n(Cc2ccccc2)c(=O)c1C#N. The first-order chi connectivity index (χ1) is 14.5. The first kappa shape index (κ1) is 19.7. The van der Waals surface area contributed by atoms with Crippen molar-refractivity contribution in [1.29, 1.82) is 5.26 Å². The lowest BCUT2D eigenvalue weighted by molar-refractivity contribution is 0.247. The Labute approximate surface area is 173 Å². The molecule has 3 unspecified atom stereocenters. The Morgan fingerprint density at radius 2 is 1.97 bits per heavy atom. The number of nitrogens with one attached hydrogen (secondary N) is 2. The van der Waals surface area contributed by atoms with Crippen LogP contribution in [0.25, 0.3) is 0 Å². The van der Waals surface area contributed by atoms with Crippen molar-refractivity contribution in [2.45, 2.75) is 50.9 Å². The Bertz CT molecular complexity index is 1100. The molecular weight excluding hydrogens is 382 g/mol. The van der Waals surface area contributed by atoms with Crippen molar-refractivity contribution >= 4 is 12.2 Å². The lowest BCUT2D eigenvalue weighted by Crippen LogP contribution is -2.40. The van der Waals surface area contributed by atoms with Gasteiger partial charge in [0.25, 0.3) is 5.56 Å². The molecule has 4 rings (SSSR count). The summed E-state index contributed by atoms with van der Waals surface area (Å²) in [7, 11) is 0. The van der Waals surface area contributed by atoms with Crippen LogP contribution in [-0.2, 0) is 6.54 Å². The van der Waals surface area contributed by atoms with Crippen molar-refractivity contribution in [3.63, 3.8) is 0 Å². The van der Waals surface area contributed by atoms with Gasteiger partial charge in [-0.1, -0.05) is 30.3 Å². The van der Waals surface area contributed by atoms with E-state index in [-0.39, 0.29) is 42.1 Å². The number of aromatic hydroxyl groups is 1. The van der Waals surface area contributed by atoms with Gasteiger partial charge in [0, 0.05) is 6.21 Å². The van der Waals surface area contributed by atoms with Gasteiger partial charge < -0.3 is 15.7 Å². The van der Waals surface area contributed by atoms with E-state index >= 15 is 0 Å². The zero-order chi connectivity index (χ0) is 21.3. The normalized spacial score (nSPS) is 22.9. The number of pyridine rings is 1. The summed E-state index contributed by atoms with van der Waals surface area (Å²) in [5, 5.41) is 26.2.